The van der Waals surface area contributed by atoms with Crippen LogP contribution in [0.25, 0.3) is 12.2 Å². The Morgan fingerprint density at radius 2 is 1.39 bits per heavy atom. The topological polar surface area (TPSA) is 35.5 Å². The first-order chi connectivity index (χ1) is 16.2. The number of unbranched alkanes of at least 4 members (excludes halogenated alkanes) is 3. The van der Waals surface area contributed by atoms with Crippen molar-refractivity contribution in [3.05, 3.63) is 114 Å². The maximum absolute atomic E-state index is 12.9. The lowest BCUT2D eigenvalue weighted by atomic mass is 10.1. The molecule has 0 amide bonds. The van der Waals surface area contributed by atoms with Crippen LogP contribution < -0.4 is 4.74 Å². The van der Waals surface area contributed by atoms with E-state index in [9.17, 15) is 9.18 Å². The molecule has 33 heavy (non-hydrogen) atoms. The minimum absolute atomic E-state index is 0.159. The Morgan fingerprint density at radius 1 is 0.727 bits per heavy atom. The van der Waals surface area contributed by atoms with Gasteiger partial charge in [-0.1, -0.05) is 48.5 Å². The summed E-state index contributed by atoms with van der Waals surface area (Å²) in [6.45, 7) is 1.40. The van der Waals surface area contributed by atoms with Gasteiger partial charge in [0.15, 0.2) is 5.78 Å². The summed E-state index contributed by atoms with van der Waals surface area (Å²) < 4.78 is 24.3. The number of ketones is 1. The molecule has 0 N–H and O–H groups in total. The summed E-state index contributed by atoms with van der Waals surface area (Å²) in [7, 11) is 0. The van der Waals surface area contributed by atoms with Crippen molar-refractivity contribution in [3.63, 3.8) is 0 Å². The summed E-state index contributed by atoms with van der Waals surface area (Å²) in [6, 6.07) is 23.2. The number of carbonyl (C=O) groups is 1. The largest absolute Gasteiger partial charge is 0.501 e. The predicted octanol–water partition coefficient (Wildman–Crippen LogP) is 7.35. The molecule has 3 aromatic carbocycles. The summed E-state index contributed by atoms with van der Waals surface area (Å²) >= 11 is 0. The zero-order valence-corrected chi connectivity index (χ0v) is 18.7. The molecule has 0 unspecified atom stereocenters. The van der Waals surface area contributed by atoms with Crippen molar-refractivity contribution in [2.24, 2.45) is 0 Å². The number of benzene rings is 3. The molecule has 0 spiro atoms. The number of carbonyl (C=O) groups excluding carboxylic acids is 1. The molecule has 0 saturated heterocycles. The molecule has 0 atom stereocenters. The maximum atomic E-state index is 12.9. The van der Waals surface area contributed by atoms with E-state index < -0.39 is 0 Å². The molecule has 3 rings (SSSR count). The van der Waals surface area contributed by atoms with Crippen LogP contribution in [0.15, 0.2) is 91.2 Å². The average molecular weight is 445 g/mol. The number of hydrogen-bond donors (Lipinski definition) is 0. The molecule has 3 aromatic rings. The average Bonchev–Trinajstić information content (AvgIpc) is 2.85. The first kappa shape index (κ1) is 24.0. The van der Waals surface area contributed by atoms with Crippen LogP contribution in [0.3, 0.4) is 0 Å². The minimum Gasteiger partial charge on any atom is -0.501 e. The molecular weight excluding hydrogens is 415 g/mol. The zero-order chi connectivity index (χ0) is 23.1. The van der Waals surface area contributed by atoms with Gasteiger partial charge in [-0.25, -0.2) is 4.39 Å². The van der Waals surface area contributed by atoms with Gasteiger partial charge in [-0.2, -0.15) is 0 Å². The highest BCUT2D eigenvalue weighted by atomic mass is 19.1. The third kappa shape index (κ3) is 9.16. The van der Waals surface area contributed by atoms with Crippen molar-refractivity contribution in [1.82, 2.24) is 0 Å². The van der Waals surface area contributed by atoms with Crippen molar-refractivity contribution in [3.8, 4) is 5.75 Å². The Kier molecular flexibility index (Phi) is 9.95. The fourth-order valence-electron chi connectivity index (χ4n) is 3.15. The number of hydrogen-bond acceptors (Lipinski definition) is 3. The monoisotopic (exact) mass is 444 g/mol. The second-order valence-electron chi connectivity index (χ2n) is 7.62. The standard InChI is InChI=1S/C29H29FO3/c30-27-15-13-26(14-16-27)29(31)19-12-25-10-17-28(18-11-25)33-22-7-2-1-6-21-32-23-20-24-8-4-3-5-9-24/h3-5,8-20,23H,1-2,6-7,21-22H2. The lowest BCUT2D eigenvalue weighted by molar-refractivity contribution is 0.104. The van der Waals surface area contributed by atoms with Gasteiger partial charge in [-0.15, -0.1) is 0 Å². The van der Waals surface area contributed by atoms with Gasteiger partial charge in [0, 0.05) is 5.56 Å². The Morgan fingerprint density at radius 3 is 2.12 bits per heavy atom. The number of rotatable bonds is 13. The van der Waals surface area contributed by atoms with Crippen molar-refractivity contribution >= 4 is 17.9 Å². The predicted molar refractivity (Wildman–Crippen MR) is 132 cm³/mol. The van der Waals surface area contributed by atoms with Crippen LogP contribution in [-0.4, -0.2) is 19.0 Å². The van der Waals surface area contributed by atoms with E-state index in [2.05, 4.69) is 0 Å². The second-order valence-corrected chi connectivity index (χ2v) is 7.62. The van der Waals surface area contributed by atoms with Crippen LogP contribution >= 0.6 is 0 Å². The SMILES string of the molecule is O=C(C=Cc1ccc(OCCCCCCOC=Cc2ccccc2)cc1)c1ccc(F)cc1. The molecule has 0 radical (unpaired) electrons. The highest BCUT2D eigenvalue weighted by molar-refractivity contribution is 6.06. The molecule has 0 fully saturated rings. The molecule has 3 nitrogen and oxygen atoms in total. The van der Waals surface area contributed by atoms with Gasteiger partial charge in [0.05, 0.1) is 19.5 Å². The van der Waals surface area contributed by atoms with Crippen molar-refractivity contribution < 1.29 is 18.7 Å². The maximum Gasteiger partial charge on any atom is 0.185 e. The van der Waals surface area contributed by atoms with E-state index in [-0.39, 0.29) is 11.6 Å². The Hall–Kier alpha value is -3.66. The van der Waals surface area contributed by atoms with Crippen LogP contribution in [0.4, 0.5) is 4.39 Å². The van der Waals surface area contributed by atoms with Crippen LogP contribution in [0.5, 0.6) is 5.75 Å². The van der Waals surface area contributed by atoms with Gasteiger partial charge in [0.25, 0.3) is 0 Å². The van der Waals surface area contributed by atoms with Gasteiger partial charge < -0.3 is 9.47 Å². The third-order valence-corrected chi connectivity index (χ3v) is 5.02. The summed E-state index contributed by atoms with van der Waals surface area (Å²) in [5.74, 6) is 0.298. The molecule has 0 aliphatic carbocycles. The zero-order valence-electron chi connectivity index (χ0n) is 18.7. The molecule has 0 aliphatic heterocycles. The van der Waals surface area contributed by atoms with E-state index in [4.69, 9.17) is 9.47 Å². The normalized spacial score (nSPS) is 11.2. The third-order valence-electron chi connectivity index (χ3n) is 5.02. The molecular formula is C29H29FO3. The van der Waals surface area contributed by atoms with E-state index in [0.29, 0.717) is 12.2 Å². The van der Waals surface area contributed by atoms with Crippen molar-refractivity contribution in [2.75, 3.05) is 13.2 Å². The first-order valence-corrected chi connectivity index (χ1v) is 11.2. The van der Waals surface area contributed by atoms with Crippen LogP contribution in [0.1, 0.15) is 47.2 Å². The van der Waals surface area contributed by atoms with Gasteiger partial charge in [0.2, 0.25) is 0 Å². The first-order valence-electron chi connectivity index (χ1n) is 11.2. The smallest absolute Gasteiger partial charge is 0.185 e. The van der Waals surface area contributed by atoms with Gasteiger partial charge in [0.1, 0.15) is 11.6 Å². The Balaban J connectivity index is 1.26. The van der Waals surface area contributed by atoms with Crippen LogP contribution in [-0.2, 0) is 4.74 Å². The van der Waals surface area contributed by atoms with Gasteiger partial charge in [-0.3, -0.25) is 4.79 Å². The molecule has 0 aliphatic rings. The molecule has 0 bridgehead atoms. The van der Waals surface area contributed by atoms with E-state index in [0.717, 1.165) is 49.2 Å². The molecule has 0 saturated carbocycles. The molecule has 170 valence electrons. The van der Waals surface area contributed by atoms with E-state index in [1.54, 1.807) is 12.3 Å². The van der Waals surface area contributed by atoms with Crippen LogP contribution in [0.2, 0.25) is 0 Å². The fraction of sp³-hybridized carbons (Fsp3) is 0.207. The van der Waals surface area contributed by atoms with Gasteiger partial charge >= 0.3 is 0 Å². The van der Waals surface area contributed by atoms with E-state index >= 15 is 0 Å². The number of halogens is 1. The molecule has 0 aromatic heterocycles. The quantitative estimate of drug-likeness (QED) is 0.120. The lowest BCUT2D eigenvalue weighted by Gasteiger charge is -2.06. The van der Waals surface area contributed by atoms with Crippen LogP contribution in [0, 0.1) is 5.82 Å². The Bertz CT molecular complexity index is 1020. The lowest BCUT2D eigenvalue weighted by Crippen LogP contribution is -1.98. The summed E-state index contributed by atoms with van der Waals surface area (Å²) in [6.07, 6.45) is 11.2. The highest BCUT2D eigenvalue weighted by Crippen LogP contribution is 2.15. The van der Waals surface area contributed by atoms with E-state index in [1.165, 1.54) is 30.3 Å². The minimum atomic E-state index is -0.355. The molecule has 0 heterocycles. The second kappa shape index (κ2) is 13.7. The van der Waals surface area contributed by atoms with Crippen molar-refractivity contribution in [1.29, 1.82) is 0 Å². The Labute approximate surface area is 195 Å². The van der Waals surface area contributed by atoms with E-state index in [1.807, 2.05) is 60.7 Å². The number of allylic oxidation sites excluding steroid dienone is 1. The van der Waals surface area contributed by atoms with Gasteiger partial charge in [-0.05, 0) is 85.4 Å². The summed E-state index contributed by atoms with van der Waals surface area (Å²) in [5.41, 5.74) is 2.50. The summed E-state index contributed by atoms with van der Waals surface area (Å²) in [5, 5.41) is 0. The highest BCUT2D eigenvalue weighted by Gasteiger charge is 2.01. The fourth-order valence-corrected chi connectivity index (χ4v) is 3.15. The number of ether oxygens (including phenoxy) is 2. The molecule has 4 heteroatoms. The summed E-state index contributed by atoms with van der Waals surface area (Å²) in [4.78, 5) is 12.1. The van der Waals surface area contributed by atoms with Crippen molar-refractivity contribution in [2.45, 2.75) is 25.7 Å².